The van der Waals surface area contributed by atoms with Gasteiger partial charge in [-0.1, -0.05) is 32.6 Å². The summed E-state index contributed by atoms with van der Waals surface area (Å²) in [6.45, 7) is 4.39. The van der Waals surface area contributed by atoms with Gasteiger partial charge in [0, 0.05) is 0 Å². The van der Waals surface area contributed by atoms with Crippen LogP contribution < -0.4 is 0 Å². The van der Waals surface area contributed by atoms with Gasteiger partial charge in [0.15, 0.2) is 0 Å². The summed E-state index contributed by atoms with van der Waals surface area (Å²) in [6.07, 6.45) is 6.91. The van der Waals surface area contributed by atoms with Crippen LogP contribution in [0.5, 0.6) is 0 Å². The van der Waals surface area contributed by atoms with Crippen molar-refractivity contribution in [2.45, 2.75) is 45.4 Å². The van der Waals surface area contributed by atoms with Crippen molar-refractivity contribution in [3.05, 3.63) is 0 Å². The fourth-order valence-corrected chi connectivity index (χ4v) is 1.34. The molecule has 0 rings (SSSR count). The largest absolute Gasteiger partial charge is 0.307 e. The zero-order chi connectivity index (χ0) is 9.94. The molecular weight excluding hydrogens is 165 g/mol. The quantitative estimate of drug-likeness (QED) is 0.503. The normalized spacial score (nSPS) is 11.1. The minimum absolute atomic E-state index is 0.140. The minimum atomic E-state index is -0.140. The molecule has 0 saturated heterocycles. The Balaban J connectivity index is 2.91. The van der Waals surface area contributed by atoms with Crippen LogP contribution in [0.4, 0.5) is 4.39 Å². The van der Waals surface area contributed by atoms with Gasteiger partial charge in [0.05, 0.1) is 6.67 Å². The number of alkyl halides is 1. The third kappa shape index (κ3) is 9.81. The molecule has 0 spiro atoms. The molecule has 0 heterocycles. The van der Waals surface area contributed by atoms with Crippen molar-refractivity contribution < 1.29 is 4.39 Å². The second-order valence-electron chi connectivity index (χ2n) is 3.71. The lowest BCUT2D eigenvalue weighted by atomic mass is 10.1. The highest BCUT2D eigenvalue weighted by Crippen LogP contribution is 2.05. The summed E-state index contributed by atoms with van der Waals surface area (Å²) in [4.78, 5) is 2.33. The fraction of sp³-hybridized carbons (Fsp3) is 1.00. The summed E-state index contributed by atoms with van der Waals surface area (Å²) in [5.41, 5.74) is 0. The van der Waals surface area contributed by atoms with E-state index in [1.807, 2.05) is 0 Å². The number of hydrogen-bond acceptors (Lipinski definition) is 1. The average Bonchev–Trinajstić information content (AvgIpc) is 2.16. The van der Waals surface area contributed by atoms with E-state index in [-0.39, 0.29) is 6.67 Å². The van der Waals surface area contributed by atoms with E-state index in [1.54, 1.807) is 0 Å². The van der Waals surface area contributed by atoms with Gasteiger partial charge in [-0.05, 0) is 33.0 Å². The van der Waals surface area contributed by atoms with Gasteiger partial charge in [0.1, 0.15) is 0 Å². The first-order valence-corrected chi connectivity index (χ1v) is 5.55. The predicted molar refractivity (Wildman–Crippen MR) is 56.8 cm³/mol. The molecule has 0 aliphatic rings. The van der Waals surface area contributed by atoms with E-state index >= 15 is 0 Å². The molecule has 0 unspecified atom stereocenters. The van der Waals surface area contributed by atoms with Crippen molar-refractivity contribution in [3.63, 3.8) is 0 Å². The standard InChI is InChI=1S/C11H24FN/c1-3-13(2)11-9-7-5-4-6-8-10-12/h3-11H2,1-2H3. The van der Waals surface area contributed by atoms with Crippen molar-refractivity contribution in [3.8, 4) is 0 Å². The SMILES string of the molecule is CCN(C)CCCCCCCCF. The minimum Gasteiger partial charge on any atom is -0.307 e. The van der Waals surface area contributed by atoms with Crippen molar-refractivity contribution in [2.24, 2.45) is 0 Å². The summed E-state index contributed by atoms with van der Waals surface area (Å²) in [7, 11) is 2.16. The maximum absolute atomic E-state index is 11.7. The van der Waals surface area contributed by atoms with Crippen molar-refractivity contribution in [2.75, 3.05) is 26.8 Å². The first kappa shape index (κ1) is 12.9. The number of rotatable bonds is 9. The molecule has 0 amide bonds. The van der Waals surface area contributed by atoms with Crippen LogP contribution in [0.3, 0.4) is 0 Å². The van der Waals surface area contributed by atoms with E-state index in [4.69, 9.17) is 0 Å². The van der Waals surface area contributed by atoms with Gasteiger partial charge >= 0.3 is 0 Å². The zero-order valence-electron chi connectivity index (χ0n) is 9.19. The molecule has 0 aliphatic heterocycles. The van der Waals surface area contributed by atoms with Crippen LogP contribution in [0.25, 0.3) is 0 Å². The van der Waals surface area contributed by atoms with Crippen LogP contribution in [-0.4, -0.2) is 31.7 Å². The van der Waals surface area contributed by atoms with E-state index in [1.165, 1.54) is 32.2 Å². The summed E-state index contributed by atoms with van der Waals surface area (Å²) in [5, 5.41) is 0. The summed E-state index contributed by atoms with van der Waals surface area (Å²) in [5.74, 6) is 0. The smallest absolute Gasteiger partial charge is 0.0894 e. The Hall–Kier alpha value is -0.110. The van der Waals surface area contributed by atoms with E-state index < -0.39 is 0 Å². The van der Waals surface area contributed by atoms with Crippen LogP contribution in [-0.2, 0) is 0 Å². The van der Waals surface area contributed by atoms with Crippen molar-refractivity contribution in [1.82, 2.24) is 4.90 Å². The Kier molecular flexibility index (Phi) is 9.89. The predicted octanol–water partition coefficient (Wildman–Crippen LogP) is 3.25. The molecule has 0 saturated carbocycles. The number of hydrogen-bond donors (Lipinski definition) is 0. The number of unbranched alkanes of at least 4 members (excludes halogenated alkanes) is 5. The van der Waals surface area contributed by atoms with Gasteiger partial charge in [0.2, 0.25) is 0 Å². The maximum Gasteiger partial charge on any atom is 0.0894 e. The lowest BCUT2D eigenvalue weighted by Crippen LogP contribution is -2.18. The molecule has 0 aromatic heterocycles. The first-order chi connectivity index (χ1) is 6.31. The van der Waals surface area contributed by atoms with Crippen molar-refractivity contribution in [1.29, 1.82) is 0 Å². The number of halogens is 1. The van der Waals surface area contributed by atoms with Crippen LogP contribution in [0, 0.1) is 0 Å². The van der Waals surface area contributed by atoms with Gasteiger partial charge in [-0.25, -0.2) is 0 Å². The zero-order valence-corrected chi connectivity index (χ0v) is 9.19. The third-order valence-electron chi connectivity index (χ3n) is 2.46. The molecule has 1 nitrogen and oxygen atoms in total. The topological polar surface area (TPSA) is 3.24 Å². The molecular formula is C11H24FN. The summed E-state index contributed by atoms with van der Waals surface area (Å²) < 4.78 is 11.7. The van der Waals surface area contributed by atoms with Gasteiger partial charge < -0.3 is 4.90 Å². The molecule has 0 fully saturated rings. The van der Waals surface area contributed by atoms with E-state index in [0.29, 0.717) is 0 Å². The van der Waals surface area contributed by atoms with Gasteiger partial charge in [0.25, 0.3) is 0 Å². The molecule has 0 N–H and O–H groups in total. The first-order valence-electron chi connectivity index (χ1n) is 5.55. The highest BCUT2D eigenvalue weighted by atomic mass is 19.1. The van der Waals surface area contributed by atoms with Crippen LogP contribution in [0.1, 0.15) is 45.4 Å². The van der Waals surface area contributed by atoms with E-state index in [0.717, 1.165) is 19.4 Å². The van der Waals surface area contributed by atoms with E-state index in [9.17, 15) is 4.39 Å². The molecule has 0 aromatic rings. The molecule has 2 heteroatoms. The van der Waals surface area contributed by atoms with Crippen LogP contribution in [0.15, 0.2) is 0 Å². The molecule has 80 valence electrons. The van der Waals surface area contributed by atoms with Crippen molar-refractivity contribution >= 4 is 0 Å². The highest BCUT2D eigenvalue weighted by Gasteiger charge is 1.94. The molecule has 0 radical (unpaired) electrons. The second-order valence-corrected chi connectivity index (χ2v) is 3.71. The molecule has 0 bridgehead atoms. The Bertz CT molecular complexity index is 96.1. The average molecular weight is 189 g/mol. The summed E-state index contributed by atoms with van der Waals surface area (Å²) >= 11 is 0. The second kappa shape index (κ2) is 9.97. The fourth-order valence-electron chi connectivity index (χ4n) is 1.34. The highest BCUT2D eigenvalue weighted by molar-refractivity contribution is 4.49. The molecule has 0 aliphatic carbocycles. The molecule has 13 heavy (non-hydrogen) atoms. The van der Waals surface area contributed by atoms with Crippen LogP contribution >= 0.6 is 0 Å². The third-order valence-corrected chi connectivity index (χ3v) is 2.46. The molecule has 0 aromatic carbocycles. The maximum atomic E-state index is 11.7. The Morgan fingerprint density at radius 3 is 2.00 bits per heavy atom. The van der Waals surface area contributed by atoms with Crippen LogP contribution in [0.2, 0.25) is 0 Å². The monoisotopic (exact) mass is 189 g/mol. The van der Waals surface area contributed by atoms with Gasteiger partial charge in [-0.3, -0.25) is 4.39 Å². The van der Waals surface area contributed by atoms with Gasteiger partial charge in [-0.2, -0.15) is 0 Å². The Morgan fingerprint density at radius 1 is 0.923 bits per heavy atom. The van der Waals surface area contributed by atoms with E-state index in [2.05, 4.69) is 18.9 Å². The lowest BCUT2D eigenvalue weighted by molar-refractivity contribution is 0.340. The summed E-state index contributed by atoms with van der Waals surface area (Å²) in [6, 6.07) is 0. The van der Waals surface area contributed by atoms with Gasteiger partial charge in [-0.15, -0.1) is 0 Å². The Morgan fingerprint density at radius 2 is 1.46 bits per heavy atom. The number of nitrogens with zero attached hydrogens (tertiary/aromatic N) is 1. The Labute approximate surface area is 82.3 Å². The molecule has 0 atom stereocenters. The lowest BCUT2D eigenvalue weighted by Gasteiger charge is -2.12.